The van der Waals surface area contributed by atoms with Crippen molar-refractivity contribution >= 4 is 38.6 Å². The summed E-state index contributed by atoms with van der Waals surface area (Å²) in [7, 11) is 0. The maximum absolute atomic E-state index is 13.8. The van der Waals surface area contributed by atoms with Gasteiger partial charge in [-0.2, -0.15) is 0 Å². The predicted molar refractivity (Wildman–Crippen MR) is 138 cm³/mol. The lowest BCUT2D eigenvalue weighted by atomic mass is 9.92. The first kappa shape index (κ1) is 23.9. The van der Waals surface area contributed by atoms with Crippen molar-refractivity contribution in [3.63, 3.8) is 0 Å². The van der Waals surface area contributed by atoms with Gasteiger partial charge in [-0.25, -0.2) is 9.37 Å². The Kier molecular flexibility index (Phi) is 7.14. The Morgan fingerprint density at radius 3 is 2.51 bits per heavy atom. The topological polar surface area (TPSA) is 62.3 Å². The highest BCUT2D eigenvalue weighted by molar-refractivity contribution is 9.10. The molecule has 0 spiro atoms. The number of fused-ring (bicyclic) bond motifs is 1. The molecule has 5 rings (SSSR count). The van der Waals surface area contributed by atoms with E-state index in [1.807, 2.05) is 18.2 Å². The molecule has 2 fully saturated rings. The fraction of sp³-hybridized carbons (Fsp3) is 0.393. The molecule has 0 bridgehead atoms. The Hall–Kier alpha value is -2.80. The van der Waals surface area contributed by atoms with Crippen molar-refractivity contribution in [2.24, 2.45) is 5.92 Å². The van der Waals surface area contributed by atoms with Gasteiger partial charge in [-0.05, 0) is 74.2 Å². The first-order valence-electron chi connectivity index (χ1n) is 12.4. The predicted octanol–water partition coefficient (Wildman–Crippen LogP) is 6.10. The van der Waals surface area contributed by atoms with Crippen LogP contribution >= 0.6 is 15.9 Å². The third kappa shape index (κ3) is 5.40. The molecule has 2 aliphatic rings. The Balaban J connectivity index is 1.42. The highest BCUT2D eigenvalue weighted by Crippen LogP contribution is 2.30. The molecule has 1 aromatic heterocycles. The number of aromatic nitrogens is 1. The van der Waals surface area contributed by atoms with E-state index in [9.17, 15) is 14.0 Å². The number of nitrogens with one attached hydrogen (secondary N) is 1. The van der Waals surface area contributed by atoms with Crippen LogP contribution in [0.1, 0.15) is 55.3 Å². The molecule has 3 aromatic rings. The van der Waals surface area contributed by atoms with Gasteiger partial charge in [-0.1, -0.05) is 35.2 Å². The standard InChI is InChI=1S/C28H29BrFN3O2/c29-20-10-13-25-23(15-20)24(16-26(32-25)18-8-11-21(30)12-9-18)28(35)33-14-4-5-19(17-33)27(34)31-22-6-2-1-3-7-22/h8-13,15-16,19,22H,1-7,14,17H2,(H,31,34)/t19-/m0/s1. The van der Waals surface area contributed by atoms with E-state index < -0.39 is 0 Å². The first-order valence-corrected chi connectivity index (χ1v) is 13.2. The van der Waals surface area contributed by atoms with Gasteiger partial charge in [0.05, 0.1) is 22.7 Å². The van der Waals surface area contributed by atoms with Crippen LogP contribution in [0.25, 0.3) is 22.2 Å². The largest absolute Gasteiger partial charge is 0.353 e. The number of piperidine rings is 1. The summed E-state index contributed by atoms with van der Waals surface area (Å²) in [5.74, 6) is -0.538. The van der Waals surface area contributed by atoms with Crippen molar-refractivity contribution in [3.05, 3.63) is 64.4 Å². The summed E-state index contributed by atoms with van der Waals surface area (Å²) in [6.07, 6.45) is 7.27. The van der Waals surface area contributed by atoms with Crippen LogP contribution in [-0.2, 0) is 4.79 Å². The summed E-state index contributed by atoms with van der Waals surface area (Å²) in [6.45, 7) is 1.04. The fourth-order valence-corrected chi connectivity index (χ4v) is 5.62. The minimum absolute atomic E-state index is 0.0729. The minimum Gasteiger partial charge on any atom is -0.353 e. The molecule has 0 radical (unpaired) electrons. The molecule has 1 N–H and O–H groups in total. The van der Waals surface area contributed by atoms with E-state index in [0.717, 1.165) is 41.1 Å². The molecule has 2 amide bonds. The molecular formula is C28H29BrFN3O2. The Morgan fingerprint density at radius 1 is 0.971 bits per heavy atom. The number of rotatable bonds is 4. The molecule has 5 nitrogen and oxygen atoms in total. The van der Waals surface area contributed by atoms with Gasteiger partial charge in [-0.15, -0.1) is 0 Å². The zero-order valence-electron chi connectivity index (χ0n) is 19.6. The van der Waals surface area contributed by atoms with E-state index in [0.29, 0.717) is 29.9 Å². The monoisotopic (exact) mass is 537 g/mol. The highest BCUT2D eigenvalue weighted by atomic mass is 79.9. The van der Waals surface area contributed by atoms with Gasteiger partial charge in [0, 0.05) is 34.6 Å². The number of likely N-dealkylation sites (tertiary alicyclic amines) is 1. The maximum atomic E-state index is 13.8. The molecule has 1 atom stereocenters. The number of hydrogen-bond donors (Lipinski definition) is 1. The van der Waals surface area contributed by atoms with Crippen LogP contribution in [0.15, 0.2) is 53.0 Å². The number of benzene rings is 2. The number of carbonyl (C=O) groups excluding carboxylic acids is 2. The minimum atomic E-state index is -0.319. The quantitative estimate of drug-likeness (QED) is 0.437. The van der Waals surface area contributed by atoms with Gasteiger partial charge in [0.1, 0.15) is 5.82 Å². The van der Waals surface area contributed by atoms with E-state index in [1.54, 1.807) is 23.1 Å². The van der Waals surface area contributed by atoms with E-state index in [1.165, 1.54) is 31.4 Å². The van der Waals surface area contributed by atoms with Crippen molar-refractivity contribution in [2.45, 2.75) is 51.0 Å². The first-order chi connectivity index (χ1) is 17.0. The second kappa shape index (κ2) is 10.4. The molecule has 7 heteroatoms. The second-order valence-corrected chi connectivity index (χ2v) is 10.6. The van der Waals surface area contributed by atoms with Crippen molar-refractivity contribution < 1.29 is 14.0 Å². The van der Waals surface area contributed by atoms with Crippen LogP contribution in [0.2, 0.25) is 0 Å². The number of hydrogen-bond acceptors (Lipinski definition) is 3. The van der Waals surface area contributed by atoms with Crippen LogP contribution in [-0.4, -0.2) is 40.8 Å². The smallest absolute Gasteiger partial charge is 0.254 e. The normalized spacial score (nSPS) is 19.0. The zero-order chi connectivity index (χ0) is 24.4. The van der Waals surface area contributed by atoms with E-state index >= 15 is 0 Å². The van der Waals surface area contributed by atoms with Crippen molar-refractivity contribution in [1.82, 2.24) is 15.2 Å². The molecular weight excluding hydrogens is 509 g/mol. The van der Waals surface area contributed by atoms with Crippen LogP contribution in [0.5, 0.6) is 0 Å². The number of pyridine rings is 1. The summed E-state index contributed by atoms with van der Waals surface area (Å²) in [5.41, 5.74) is 2.60. The Bertz CT molecular complexity index is 1240. The van der Waals surface area contributed by atoms with E-state index in [-0.39, 0.29) is 29.6 Å². The van der Waals surface area contributed by atoms with Crippen LogP contribution in [0, 0.1) is 11.7 Å². The summed E-state index contributed by atoms with van der Waals surface area (Å²) >= 11 is 3.51. The Labute approximate surface area is 213 Å². The van der Waals surface area contributed by atoms with Gasteiger partial charge in [0.25, 0.3) is 5.91 Å². The lowest BCUT2D eigenvalue weighted by molar-refractivity contribution is -0.127. The average Bonchev–Trinajstić information content (AvgIpc) is 2.89. The van der Waals surface area contributed by atoms with Gasteiger partial charge in [-0.3, -0.25) is 9.59 Å². The van der Waals surface area contributed by atoms with Gasteiger partial charge in [0.15, 0.2) is 0 Å². The highest BCUT2D eigenvalue weighted by Gasteiger charge is 2.31. The van der Waals surface area contributed by atoms with E-state index in [4.69, 9.17) is 4.98 Å². The molecule has 35 heavy (non-hydrogen) atoms. The number of amides is 2. The van der Waals surface area contributed by atoms with Gasteiger partial charge < -0.3 is 10.2 Å². The van der Waals surface area contributed by atoms with Crippen LogP contribution in [0.4, 0.5) is 4.39 Å². The maximum Gasteiger partial charge on any atom is 0.254 e. The molecule has 0 unspecified atom stereocenters. The lowest BCUT2D eigenvalue weighted by Crippen LogP contribution is -2.48. The Morgan fingerprint density at radius 2 is 1.74 bits per heavy atom. The molecule has 2 heterocycles. The van der Waals surface area contributed by atoms with Crippen molar-refractivity contribution in [2.75, 3.05) is 13.1 Å². The van der Waals surface area contributed by atoms with Gasteiger partial charge >= 0.3 is 0 Å². The van der Waals surface area contributed by atoms with Gasteiger partial charge in [0.2, 0.25) is 5.91 Å². The number of nitrogens with zero attached hydrogens (tertiary/aromatic N) is 2. The number of halogens is 2. The second-order valence-electron chi connectivity index (χ2n) is 9.66. The molecule has 1 aliphatic carbocycles. The van der Waals surface area contributed by atoms with E-state index in [2.05, 4.69) is 21.2 Å². The lowest BCUT2D eigenvalue weighted by Gasteiger charge is -2.33. The van der Waals surface area contributed by atoms with Crippen LogP contribution < -0.4 is 5.32 Å². The molecule has 2 aromatic carbocycles. The summed E-state index contributed by atoms with van der Waals surface area (Å²) in [5, 5.41) is 3.99. The summed E-state index contributed by atoms with van der Waals surface area (Å²) < 4.78 is 14.3. The third-order valence-corrected chi connectivity index (χ3v) is 7.67. The summed E-state index contributed by atoms with van der Waals surface area (Å²) in [4.78, 5) is 33.3. The zero-order valence-corrected chi connectivity index (χ0v) is 21.2. The number of carbonyl (C=O) groups is 2. The molecule has 1 saturated carbocycles. The van der Waals surface area contributed by atoms with Crippen molar-refractivity contribution in [1.29, 1.82) is 0 Å². The molecule has 1 aliphatic heterocycles. The fourth-order valence-electron chi connectivity index (χ4n) is 5.26. The molecule has 1 saturated heterocycles. The molecule has 182 valence electrons. The SMILES string of the molecule is O=C(NC1CCCCC1)[C@H]1CCCN(C(=O)c2cc(-c3ccc(F)cc3)nc3ccc(Br)cc23)C1. The third-order valence-electron chi connectivity index (χ3n) is 7.17. The van der Waals surface area contributed by atoms with Crippen molar-refractivity contribution in [3.8, 4) is 11.3 Å². The van der Waals surface area contributed by atoms with Crippen LogP contribution in [0.3, 0.4) is 0 Å². The summed E-state index contributed by atoms with van der Waals surface area (Å²) in [6, 6.07) is 13.9. The average molecular weight is 538 g/mol.